The van der Waals surface area contributed by atoms with Crippen molar-refractivity contribution in [1.82, 2.24) is 9.88 Å². The Morgan fingerprint density at radius 3 is 2.76 bits per heavy atom. The highest BCUT2D eigenvalue weighted by atomic mass is 16.2. The van der Waals surface area contributed by atoms with Crippen LogP contribution in [0.3, 0.4) is 0 Å². The van der Waals surface area contributed by atoms with E-state index in [0.29, 0.717) is 11.7 Å². The second-order valence-corrected chi connectivity index (χ2v) is 4.63. The van der Waals surface area contributed by atoms with Gasteiger partial charge in [0.15, 0.2) is 5.78 Å². The predicted molar refractivity (Wildman–Crippen MR) is 64.8 cm³/mol. The van der Waals surface area contributed by atoms with Crippen LogP contribution in [0.1, 0.15) is 43.1 Å². The molecule has 4 heteroatoms. The molecule has 4 nitrogen and oxygen atoms in total. The van der Waals surface area contributed by atoms with Crippen LogP contribution in [0.25, 0.3) is 0 Å². The number of Topliss-reactive ketones (excluding diaryl/α,β-unsaturated/α-hetero) is 1. The summed E-state index contributed by atoms with van der Waals surface area (Å²) in [5.74, 6) is -0.0146. The van der Waals surface area contributed by atoms with Gasteiger partial charge in [-0.2, -0.15) is 0 Å². The summed E-state index contributed by atoms with van der Waals surface area (Å²) in [7, 11) is 0. The minimum absolute atomic E-state index is 0.00407. The van der Waals surface area contributed by atoms with E-state index in [9.17, 15) is 9.59 Å². The number of hydrogen-bond acceptors (Lipinski definition) is 2. The number of nitrogens with one attached hydrogen (secondary N) is 1. The predicted octanol–water partition coefficient (Wildman–Crippen LogP) is 1.75. The molecule has 1 fully saturated rings. The molecule has 0 spiro atoms. The van der Waals surface area contributed by atoms with Crippen LogP contribution in [0.5, 0.6) is 0 Å². The lowest BCUT2D eigenvalue weighted by molar-refractivity contribution is -0.122. The van der Waals surface area contributed by atoms with Gasteiger partial charge in [-0.15, -0.1) is 0 Å². The lowest BCUT2D eigenvalue weighted by atomic mass is 10.2. The smallest absolute Gasteiger partial charge is 0.240 e. The molecule has 1 saturated carbocycles. The number of carbonyl (C=O) groups excluding carboxylic acids is 2. The van der Waals surface area contributed by atoms with Crippen molar-refractivity contribution in [3.8, 4) is 0 Å². The zero-order chi connectivity index (χ0) is 12.3. The van der Waals surface area contributed by atoms with Crippen LogP contribution in [0, 0.1) is 0 Å². The van der Waals surface area contributed by atoms with E-state index in [0.717, 1.165) is 12.8 Å². The van der Waals surface area contributed by atoms with Crippen molar-refractivity contribution < 1.29 is 9.59 Å². The first-order valence-corrected chi connectivity index (χ1v) is 6.12. The molecule has 0 bridgehead atoms. The Bertz CT molecular complexity index is 417. The van der Waals surface area contributed by atoms with E-state index in [1.54, 1.807) is 22.9 Å². The van der Waals surface area contributed by atoms with Crippen molar-refractivity contribution in [2.24, 2.45) is 0 Å². The minimum Gasteiger partial charge on any atom is -0.352 e. The Balaban J connectivity index is 1.93. The molecule has 0 aromatic carbocycles. The third-order valence-electron chi connectivity index (χ3n) is 3.22. The van der Waals surface area contributed by atoms with Crippen molar-refractivity contribution in [3.05, 3.63) is 24.0 Å². The van der Waals surface area contributed by atoms with Crippen molar-refractivity contribution in [3.63, 3.8) is 0 Å². The zero-order valence-corrected chi connectivity index (χ0v) is 10.1. The summed E-state index contributed by atoms with van der Waals surface area (Å²) in [5.41, 5.74) is 0.589. The van der Waals surface area contributed by atoms with E-state index in [-0.39, 0.29) is 18.2 Å². The second-order valence-electron chi connectivity index (χ2n) is 4.63. The Morgan fingerprint density at radius 1 is 1.41 bits per heavy atom. The Hall–Kier alpha value is -1.58. The molecule has 0 saturated heterocycles. The molecule has 0 unspecified atom stereocenters. The van der Waals surface area contributed by atoms with Crippen LogP contribution in [0.2, 0.25) is 0 Å². The highest BCUT2D eigenvalue weighted by Crippen LogP contribution is 2.17. The van der Waals surface area contributed by atoms with E-state index in [1.165, 1.54) is 19.8 Å². The lowest BCUT2D eigenvalue weighted by Crippen LogP contribution is -2.35. The molecule has 1 aromatic heterocycles. The van der Waals surface area contributed by atoms with Crippen LogP contribution in [-0.4, -0.2) is 22.3 Å². The number of nitrogens with zero attached hydrogens (tertiary/aromatic N) is 1. The van der Waals surface area contributed by atoms with Crippen LogP contribution < -0.4 is 5.32 Å². The van der Waals surface area contributed by atoms with Crippen LogP contribution >= 0.6 is 0 Å². The van der Waals surface area contributed by atoms with Crippen LogP contribution in [0.15, 0.2) is 18.3 Å². The van der Waals surface area contributed by atoms with Crippen LogP contribution in [0.4, 0.5) is 0 Å². The maximum atomic E-state index is 11.8. The quantitative estimate of drug-likeness (QED) is 0.807. The third-order valence-corrected chi connectivity index (χ3v) is 3.22. The van der Waals surface area contributed by atoms with Crippen molar-refractivity contribution in [2.45, 2.75) is 45.2 Å². The normalized spacial score (nSPS) is 16.1. The largest absolute Gasteiger partial charge is 0.352 e. The van der Waals surface area contributed by atoms with E-state index in [4.69, 9.17) is 0 Å². The van der Waals surface area contributed by atoms with E-state index < -0.39 is 0 Å². The summed E-state index contributed by atoms with van der Waals surface area (Å²) < 4.78 is 1.70. The van der Waals surface area contributed by atoms with Gasteiger partial charge in [-0.25, -0.2) is 0 Å². The molecule has 17 heavy (non-hydrogen) atoms. The van der Waals surface area contributed by atoms with Crippen LogP contribution in [-0.2, 0) is 11.3 Å². The minimum atomic E-state index is -0.0105. The van der Waals surface area contributed by atoms with E-state index in [2.05, 4.69) is 5.32 Å². The van der Waals surface area contributed by atoms with Gasteiger partial charge in [0.25, 0.3) is 0 Å². The maximum absolute atomic E-state index is 11.8. The molecule has 92 valence electrons. The standard InChI is InChI=1S/C13H18N2O2/c1-10(16)12-7-4-8-15(12)9-13(17)14-11-5-2-3-6-11/h4,7-8,11H,2-3,5-6,9H2,1H3,(H,14,17). The molecular formula is C13H18N2O2. The molecule has 1 aliphatic rings. The monoisotopic (exact) mass is 234 g/mol. The summed E-state index contributed by atoms with van der Waals surface area (Å²) in [6.45, 7) is 1.75. The summed E-state index contributed by atoms with van der Waals surface area (Å²) in [5, 5.41) is 3.01. The molecule has 2 rings (SSSR count). The maximum Gasteiger partial charge on any atom is 0.240 e. The number of rotatable bonds is 4. The first-order chi connectivity index (χ1) is 8.16. The number of amides is 1. The highest BCUT2D eigenvalue weighted by molar-refractivity contribution is 5.93. The fourth-order valence-electron chi connectivity index (χ4n) is 2.37. The molecule has 0 aliphatic heterocycles. The van der Waals surface area contributed by atoms with Gasteiger partial charge in [-0.1, -0.05) is 12.8 Å². The summed E-state index contributed by atoms with van der Waals surface area (Å²) >= 11 is 0. The van der Waals surface area contributed by atoms with Gasteiger partial charge in [0.05, 0.1) is 5.69 Å². The zero-order valence-electron chi connectivity index (χ0n) is 10.1. The van der Waals surface area contributed by atoms with Crippen molar-refractivity contribution in [1.29, 1.82) is 0 Å². The van der Waals surface area contributed by atoms with Gasteiger partial charge in [-0.05, 0) is 25.0 Å². The average molecular weight is 234 g/mol. The third kappa shape index (κ3) is 2.96. The highest BCUT2D eigenvalue weighted by Gasteiger charge is 2.17. The Kier molecular flexibility index (Phi) is 3.61. The molecule has 1 amide bonds. The molecule has 1 N–H and O–H groups in total. The molecule has 1 aliphatic carbocycles. The Labute approximate surface area is 101 Å². The molecular weight excluding hydrogens is 216 g/mol. The first-order valence-electron chi connectivity index (χ1n) is 6.12. The lowest BCUT2D eigenvalue weighted by Gasteiger charge is -2.13. The topological polar surface area (TPSA) is 51.1 Å². The summed E-state index contributed by atoms with van der Waals surface area (Å²) in [4.78, 5) is 23.1. The molecule has 1 heterocycles. The van der Waals surface area contributed by atoms with Gasteiger partial charge in [-0.3, -0.25) is 9.59 Å². The number of carbonyl (C=O) groups is 2. The second kappa shape index (κ2) is 5.17. The van der Waals surface area contributed by atoms with Gasteiger partial charge in [0.2, 0.25) is 5.91 Å². The van der Waals surface area contributed by atoms with Crippen molar-refractivity contribution in [2.75, 3.05) is 0 Å². The molecule has 0 radical (unpaired) electrons. The van der Waals surface area contributed by atoms with Crippen molar-refractivity contribution >= 4 is 11.7 Å². The Morgan fingerprint density at radius 2 is 2.12 bits per heavy atom. The number of hydrogen-bond donors (Lipinski definition) is 1. The van der Waals surface area contributed by atoms with Gasteiger partial charge in [0.1, 0.15) is 6.54 Å². The number of aromatic nitrogens is 1. The number of ketones is 1. The van der Waals surface area contributed by atoms with E-state index in [1.807, 2.05) is 0 Å². The molecule has 1 aromatic rings. The average Bonchev–Trinajstić information content (AvgIpc) is 2.88. The fourth-order valence-corrected chi connectivity index (χ4v) is 2.37. The molecule has 0 atom stereocenters. The van der Waals surface area contributed by atoms with Gasteiger partial charge in [0, 0.05) is 19.2 Å². The first kappa shape index (κ1) is 11.9. The van der Waals surface area contributed by atoms with E-state index >= 15 is 0 Å². The fraction of sp³-hybridized carbons (Fsp3) is 0.538. The summed E-state index contributed by atoms with van der Waals surface area (Å²) in [6, 6.07) is 3.86. The van der Waals surface area contributed by atoms with Gasteiger partial charge < -0.3 is 9.88 Å². The SMILES string of the molecule is CC(=O)c1cccn1CC(=O)NC1CCCC1. The summed E-state index contributed by atoms with van der Waals surface area (Å²) in [6.07, 6.45) is 6.33. The van der Waals surface area contributed by atoms with Gasteiger partial charge >= 0.3 is 0 Å².